The number of likely N-dealkylation sites (N-methyl/N-ethyl adjacent to an activating group) is 1. The smallest absolute Gasteiger partial charge is 0.0872 e. The van der Waals surface area contributed by atoms with Gasteiger partial charge in [-0.15, -0.1) is 0 Å². The van der Waals surface area contributed by atoms with Crippen LogP contribution >= 0.6 is 0 Å². The second kappa shape index (κ2) is 6.10. The second-order valence-electron chi connectivity index (χ2n) is 7.50. The minimum Gasteiger partial charge on any atom is -0.376 e. The van der Waals surface area contributed by atoms with Crippen LogP contribution in [0, 0.1) is 19.3 Å². The molecule has 2 heteroatoms. The van der Waals surface area contributed by atoms with E-state index in [1.54, 1.807) is 0 Å². The Morgan fingerprint density at radius 1 is 1.05 bits per heavy atom. The number of methoxy groups -OCH3 is 1. The topological polar surface area (TPSA) is 21.3 Å². The number of hydrogen-bond acceptors (Lipinski definition) is 2. The predicted molar refractivity (Wildman–Crippen MR) is 89.7 cm³/mol. The predicted octanol–water partition coefficient (Wildman–Crippen LogP) is 4.55. The molecule has 0 aromatic heterocycles. The zero-order valence-electron chi connectivity index (χ0n) is 14.5. The van der Waals surface area contributed by atoms with Crippen LogP contribution in [0.4, 0.5) is 0 Å². The molecule has 1 atom stereocenters. The Balaban J connectivity index is 2.31. The maximum Gasteiger partial charge on any atom is 0.0872 e. The van der Waals surface area contributed by atoms with Gasteiger partial charge < -0.3 is 10.1 Å². The van der Waals surface area contributed by atoms with Crippen LogP contribution in [-0.2, 0) is 4.74 Å². The number of benzene rings is 1. The third-order valence-corrected chi connectivity index (χ3v) is 5.54. The van der Waals surface area contributed by atoms with Gasteiger partial charge in [0, 0.05) is 7.11 Å². The lowest BCUT2D eigenvalue weighted by molar-refractivity contribution is -0.0862. The van der Waals surface area contributed by atoms with E-state index in [-0.39, 0.29) is 11.6 Å². The van der Waals surface area contributed by atoms with Crippen molar-refractivity contribution in [1.82, 2.24) is 5.32 Å². The summed E-state index contributed by atoms with van der Waals surface area (Å²) in [6.07, 6.45) is 4.69. The van der Waals surface area contributed by atoms with Crippen LogP contribution in [-0.4, -0.2) is 19.8 Å². The number of hydrogen-bond donors (Lipinski definition) is 1. The summed E-state index contributed by atoms with van der Waals surface area (Å²) in [5, 5.41) is 3.53. The summed E-state index contributed by atoms with van der Waals surface area (Å²) in [5.74, 6) is 0. The summed E-state index contributed by atoms with van der Waals surface area (Å²) in [6.45, 7) is 9.10. The molecule has 1 aromatic rings. The molecule has 1 saturated carbocycles. The second-order valence-corrected chi connectivity index (χ2v) is 7.50. The molecule has 21 heavy (non-hydrogen) atoms. The lowest BCUT2D eigenvalue weighted by Crippen LogP contribution is -2.48. The zero-order valence-corrected chi connectivity index (χ0v) is 14.5. The lowest BCUT2D eigenvalue weighted by atomic mass is 9.67. The van der Waals surface area contributed by atoms with Gasteiger partial charge in [-0.3, -0.25) is 0 Å². The van der Waals surface area contributed by atoms with Gasteiger partial charge in [-0.25, -0.2) is 0 Å². The average molecular weight is 289 g/mol. The normalized spacial score (nSPS) is 22.0. The monoisotopic (exact) mass is 289 g/mol. The fourth-order valence-electron chi connectivity index (χ4n) is 3.64. The molecule has 0 bridgehead atoms. The maximum atomic E-state index is 6.09. The molecule has 1 aliphatic carbocycles. The molecule has 118 valence electrons. The van der Waals surface area contributed by atoms with Crippen LogP contribution in [0.1, 0.15) is 62.3 Å². The minimum atomic E-state index is -0.0774. The summed E-state index contributed by atoms with van der Waals surface area (Å²) in [6, 6.07) is 7.06. The molecule has 1 fully saturated rings. The average Bonchev–Trinajstić information content (AvgIpc) is 2.45. The van der Waals surface area contributed by atoms with Crippen LogP contribution in [0.2, 0.25) is 0 Å². The van der Waals surface area contributed by atoms with Crippen molar-refractivity contribution in [2.45, 2.75) is 65.0 Å². The molecule has 2 rings (SSSR count). The first kappa shape index (κ1) is 16.5. The molecule has 0 radical (unpaired) electrons. The SMILES string of the molecule is CNC(c1ccc(C)c(C)c1)C1(OC)CCC(C)(C)CC1. The van der Waals surface area contributed by atoms with Gasteiger partial charge in [-0.2, -0.15) is 0 Å². The molecule has 2 nitrogen and oxygen atoms in total. The Bertz CT molecular complexity index is 482. The van der Waals surface area contributed by atoms with Gasteiger partial charge in [-0.1, -0.05) is 32.0 Å². The first-order chi connectivity index (χ1) is 9.83. The van der Waals surface area contributed by atoms with Crippen molar-refractivity contribution < 1.29 is 4.74 Å². The fourth-order valence-corrected chi connectivity index (χ4v) is 3.64. The van der Waals surface area contributed by atoms with Gasteiger partial charge in [0.05, 0.1) is 11.6 Å². The highest BCUT2D eigenvalue weighted by Crippen LogP contribution is 2.47. The van der Waals surface area contributed by atoms with Gasteiger partial charge >= 0.3 is 0 Å². The molecule has 0 saturated heterocycles. The van der Waals surface area contributed by atoms with Crippen LogP contribution in [0.15, 0.2) is 18.2 Å². The standard InChI is InChI=1S/C19H31NO/c1-14-7-8-16(13-15(14)2)17(20-5)19(21-6)11-9-18(3,4)10-12-19/h7-8,13,17,20H,9-12H2,1-6H3. The Labute approximate surface area is 130 Å². The Morgan fingerprint density at radius 2 is 1.67 bits per heavy atom. The minimum absolute atomic E-state index is 0.0774. The molecule has 1 aliphatic rings. The van der Waals surface area contributed by atoms with Crippen molar-refractivity contribution in [3.8, 4) is 0 Å². The van der Waals surface area contributed by atoms with E-state index < -0.39 is 0 Å². The summed E-state index contributed by atoms with van der Waals surface area (Å²) in [5.41, 5.74) is 4.43. The van der Waals surface area contributed by atoms with E-state index in [1.165, 1.54) is 29.5 Å². The summed E-state index contributed by atoms with van der Waals surface area (Å²) >= 11 is 0. The van der Waals surface area contributed by atoms with Crippen LogP contribution in [0.3, 0.4) is 0 Å². The largest absolute Gasteiger partial charge is 0.376 e. The van der Waals surface area contributed by atoms with E-state index in [0.29, 0.717) is 5.41 Å². The number of nitrogens with one attached hydrogen (secondary N) is 1. The van der Waals surface area contributed by atoms with Gasteiger partial charge in [-0.05, 0) is 68.7 Å². The van der Waals surface area contributed by atoms with Gasteiger partial charge in [0.15, 0.2) is 0 Å². The van der Waals surface area contributed by atoms with Crippen molar-refractivity contribution >= 4 is 0 Å². The Kier molecular flexibility index (Phi) is 4.79. The van der Waals surface area contributed by atoms with Crippen molar-refractivity contribution in [2.24, 2.45) is 5.41 Å². The summed E-state index contributed by atoms with van der Waals surface area (Å²) < 4.78 is 6.09. The highest BCUT2D eigenvalue weighted by molar-refractivity contribution is 5.33. The molecule has 0 heterocycles. The molecular formula is C19H31NO. The van der Waals surface area contributed by atoms with Crippen molar-refractivity contribution in [1.29, 1.82) is 0 Å². The van der Waals surface area contributed by atoms with Gasteiger partial charge in [0.2, 0.25) is 0 Å². The van der Waals surface area contributed by atoms with Crippen molar-refractivity contribution in [3.63, 3.8) is 0 Å². The lowest BCUT2D eigenvalue weighted by Gasteiger charge is -2.47. The first-order valence-corrected chi connectivity index (χ1v) is 8.13. The summed E-state index contributed by atoms with van der Waals surface area (Å²) in [7, 11) is 3.93. The molecule has 0 spiro atoms. The highest BCUT2D eigenvalue weighted by atomic mass is 16.5. The maximum absolute atomic E-state index is 6.09. The third-order valence-electron chi connectivity index (χ3n) is 5.54. The Hall–Kier alpha value is -0.860. The molecule has 1 unspecified atom stereocenters. The first-order valence-electron chi connectivity index (χ1n) is 8.13. The van der Waals surface area contributed by atoms with E-state index in [1.807, 2.05) is 7.11 Å². The zero-order chi connectivity index (χ0) is 15.7. The third kappa shape index (κ3) is 3.32. The molecule has 1 aromatic carbocycles. The summed E-state index contributed by atoms with van der Waals surface area (Å²) in [4.78, 5) is 0. The fraction of sp³-hybridized carbons (Fsp3) is 0.684. The van der Waals surface area contributed by atoms with E-state index in [4.69, 9.17) is 4.74 Å². The van der Waals surface area contributed by atoms with E-state index in [9.17, 15) is 0 Å². The van der Waals surface area contributed by atoms with Gasteiger partial charge in [0.25, 0.3) is 0 Å². The van der Waals surface area contributed by atoms with E-state index in [2.05, 4.69) is 58.3 Å². The Morgan fingerprint density at radius 3 is 2.14 bits per heavy atom. The van der Waals surface area contributed by atoms with Crippen molar-refractivity contribution in [3.05, 3.63) is 34.9 Å². The number of rotatable bonds is 4. The van der Waals surface area contributed by atoms with Crippen LogP contribution in [0.5, 0.6) is 0 Å². The van der Waals surface area contributed by atoms with Crippen LogP contribution < -0.4 is 5.32 Å². The van der Waals surface area contributed by atoms with Crippen LogP contribution in [0.25, 0.3) is 0 Å². The van der Waals surface area contributed by atoms with E-state index in [0.717, 1.165) is 12.8 Å². The molecule has 0 aliphatic heterocycles. The number of aryl methyl sites for hydroxylation is 2. The van der Waals surface area contributed by atoms with Gasteiger partial charge in [0.1, 0.15) is 0 Å². The van der Waals surface area contributed by atoms with E-state index >= 15 is 0 Å². The number of ether oxygens (including phenoxy) is 1. The molecular weight excluding hydrogens is 258 g/mol. The molecule has 1 N–H and O–H groups in total. The highest BCUT2D eigenvalue weighted by Gasteiger charge is 2.44. The quantitative estimate of drug-likeness (QED) is 0.878. The molecule has 0 amide bonds. The van der Waals surface area contributed by atoms with Crippen molar-refractivity contribution in [2.75, 3.05) is 14.2 Å².